The van der Waals surface area contributed by atoms with Crippen molar-refractivity contribution in [1.82, 2.24) is 19.7 Å². The number of nitrogens with zero attached hydrogens (tertiary/aromatic N) is 3. The number of hydrogen-bond acceptors (Lipinski definition) is 3. The molecule has 0 saturated heterocycles. The molecule has 0 aliphatic rings. The van der Waals surface area contributed by atoms with Gasteiger partial charge in [-0.3, -0.25) is 5.10 Å². The van der Waals surface area contributed by atoms with Crippen LogP contribution in [0.15, 0.2) is 24.3 Å². The number of carboxylic acids is 1. The molecule has 0 aliphatic heterocycles. The van der Waals surface area contributed by atoms with Crippen LogP contribution in [0.5, 0.6) is 0 Å². The van der Waals surface area contributed by atoms with E-state index in [0.717, 1.165) is 22.4 Å². The Morgan fingerprint density at radius 2 is 2.00 bits per heavy atom. The molecule has 3 rings (SSSR count). The summed E-state index contributed by atoms with van der Waals surface area (Å²) in [5, 5.41) is 15.5. The predicted molar refractivity (Wildman–Crippen MR) is 84.0 cm³/mol. The normalized spacial score (nSPS) is 12.0. The van der Waals surface area contributed by atoms with Crippen LogP contribution in [-0.4, -0.2) is 30.8 Å². The Balaban J connectivity index is 2.11. The Labute approximate surface area is 127 Å². The van der Waals surface area contributed by atoms with E-state index in [1.807, 2.05) is 25.2 Å². The van der Waals surface area contributed by atoms with Gasteiger partial charge in [0.1, 0.15) is 11.5 Å². The van der Waals surface area contributed by atoms with Crippen LogP contribution in [0.1, 0.15) is 37.1 Å². The van der Waals surface area contributed by atoms with E-state index in [-0.39, 0.29) is 11.1 Å². The highest BCUT2D eigenvalue weighted by Gasteiger charge is 2.21. The molecule has 3 aromatic rings. The molecule has 0 atom stereocenters. The summed E-state index contributed by atoms with van der Waals surface area (Å²) >= 11 is 0. The van der Waals surface area contributed by atoms with Gasteiger partial charge in [-0.1, -0.05) is 26.8 Å². The summed E-state index contributed by atoms with van der Waals surface area (Å²) in [4.78, 5) is 15.6. The van der Waals surface area contributed by atoms with Crippen LogP contribution in [0.3, 0.4) is 0 Å². The Hall–Kier alpha value is -2.63. The second-order valence-corrected chi connectivity index (χ2v) is 6.42. The first kappa shape index (κ1) is 14.3. The van der Waals surface area contributed by atoms with E-state index in [9.17, 15) is 4.79 Å². The summed E-state index contributed by atoms with van der Waals surface area (Å²) in [7, 11) is 2.01. The molecule has 6 heteroatoms. The SMILES string of the molecule is Cn1c(C(C)(C)C)nc2cc(-c3cc(C(=O)O)[nH]n3)ccc21. The summed E-state index contributed by atoms with van der Waals surface area (Å²) in [5.74, 6) is -0.0133. The van der Waals surface area contributed by atoms with E-state index >= 15 is 0 Å². The highest BCUT2D eigenvalue weighted by Crippen LogP contribution is 2.28. The summed E-state index contributed by atoms with van der Waals surface area (Å²) in [5.41, 5.74) is 3.40. The second kappa shape index (κ2) is 4.69. The van der Waals surface area contributed by atoms with Crippen LogP contribution in [0.25, 0.3) is 22.3 Å². The number of hydrogen-bond donors (Lipinski definition) is 2. The molecular weight excluding hydrogens is 280 g/mol. The third kappa shape index (κ3) is 2.26. The summed E-state index contributed by atoms with van der Waals surface area (Å²) < 4.78 is 2.09. The van der Waals surface area contributed by atoms with E-state index in [1.54, 1.807) is 0 Å². The van der Waals surface area contributed by atoms with Crippen LogP contribution in [0, 0.1) is 0 Å². The first-order chi connectivity index (χ1) is 10.3. The maximum absolute atomic E-state index is 10.9. The van der Waals surface area contributed by atoms with E-state index in [2.05, 4.69) is 35.5 Å². The van der Waals surface area contributed by atoms with Crippen molar-refractivity contribution in [3.05, 3.63) is 35.8 Å². The highest BCUT2D eigenvalue weighted by atomic mass is 16.4. The minimum absolute atomic E-state index is 0.0449. The van der Waals surface area contributed by atoms with E-state index < -0.39 is 5.97 Å². The van der Waals surface area contributed by atoms with Crippen molar-refractivity contribution in [2.24, 2.45) is 7.05 Å². The van der Waals surface area contributed by atoms with E-state index in [0.29, 0.717) is 5.69 Å². The zero-order valence-corrected chi connectivity index (χ0v) is 13.0. The van der Waals surface area contributed by atoms with Crippen molar-refractivity contribution in [2.75, 3.05) is 0 Å². The Morgan fingerprint density at radius 1 is 1.27 bits per heavy atom. The molecule has 0 saturated carbocycles. The van der Waals surface area contributed by atoms with Gasteiger partial charge in [0.2, 0.25) is 0 Å². The zero-order valence-electron chi connectivity index (χ0n) is 13.0. The van der Waals surface area contributed by atoms with E-state index in [4.69, 9.17) is 10.1 Å². The third-order valence-corrected chi connectivity index (χ3v) is 3.66. The average molecular weight is 298 g/mol. The Bertz CT molecular complexity index is 868. The molecule has 2 heterocycles. The number of carboxylic acid groups (broad SMARTS) is 1. The minimum atomic E-state index is -1.02. The summed E-state index contributed by atoms with van der Waals surface area (Å²) in [6, 6.07) is 7.38. The smallest absolute Gasteiger partial charge is 0.353 e. The van der Waals surface area contributed by atoms with Gasteiger partial charge in [0.05, 0.1) is 16.7 Å². The first-order valence-electron chi connectivity index (χ1n) is 7.03. The van der Waals surface area contributed by atoms with Gasteiger partial charge in [-0.2, -0.15) is 5.10 Å². The van der Waals surface area contributed by atoms with Crippen LogP contribution in [-0.2, 0) is 12.5 Å². The fourth-order valence-corrected chi connectivity index (χ4v) is 2.61. The summed E-state index contributed by atoms with van der Waals surface area (Å²) in [6.45, 7) is 6.38. The van der Waals surface area contributed by atoms with Crippen LogP contribution >= 0.6 is 0 Å². The van der Waals surface area contributed by atoms with E-state index in [1.165, 1.54) is 6.07 Å². The number of imidazole rings is 1. The molecular formula is C16H18N4O2. The van der Waals surface area contributed by atoms with Crippen molar-refractivity contribution in [2.45, 2.75) is 26.2 Å². The van der Waals surface area contributed by atoms with Crippen molar-refractivity contribution >= 4 is 17.0 Å². The van der Waals surface area contributed by atoms with Gasteiger partial charge < -0.3 is 9.67 Å². The maximum Gasteiger partial charge on any atom is 0.353 e. The molecule has 0 fully saturated rings. The number of aryl methyl sites for hydroxylation is 1. The zero-order chi connectivity index (χ0) is 16.1. The van der Waals surface area contributed by atoms with Gasteiger partial charge in [0.25, 0.3) is 0 Å². The fourth-order valence-electron chi connectivity index (χ4n) is 2.61. The lowest BCUT2D eigenvalue weighted by atomic mass is 9.96. The quantitative estimate of drug-likeness (QED) is 0.762. The first-order valence-corrected chi connectivity index (χ1v) is 7.03. The molecule has 0 radical (unpaired) electrons. The van der Waals surface area contributed by atoms with Gasteiger partial charge in [-0.25, -0.2) is 9.78 Å². The maximum atomic E-state index is 10.9. The molecule has 1 aromatic carbocycles. The lowest BCUT2D eigenvalue weighted by molar-refractivity contribution is 0.0690. The molecule has 0 bridgehead atoms. The van der Waals surface area contributed by atoms with Crippen molar-refractivity contribution in [1.29, 1.82) is 0 Å². The lowest BCUT2D eigenvalue weighted by Gasteiger charge is -2.17. The second-order valence-electron chi connectivity index (χ2n) is 6.42. The number of aromatic amines is 1. The Kier molecular flexibility index (Phi) is 3.05. The van der Waals surface area contributed by atoms with Gasteiger partial charge in [-0.05, 0) is 18.2 Å². The van der Waals surface area contributed by atoms with Crippen LogP contribution in [0.2, 0.25) is 0 Å². The monoisotopic (exact) mass is 298 g/mol. The van der Waals surface area contributed by atoms with Gasteiger partial charge in [0, 0.05) is 18.0 Å². The predicted octanol–water partition coefficient (Wildman–Crippen LogP) is 2.96. The lowest BCUT2D eigenvalue weighted by Crippen LogP contribution is -2.17. The molecule has 0 aliphatic carbocycles. The summed E-state index contributed by atoms with van der Waals surface area (Å²) in [6.07, 6.45) is 0. The number of H-pyrrole nitrogens is 1. The number of carbonyl (C=O) groups is 1. The van der Waals surface area contributed by atoms with Gasteiger partial charge in [0.15, 0.2) is 0 Å². The Morgan fingerprint density at radius 3 is 2.59 bits per heavy atom. The average Bonchev–Trinajstić information content (AvgIpc) is 3.03. The molecule has 0 unspecified atom stereocenters. The highest BCUT2D eigenvalue weighted by molar-refractivity contribution is 5.88. The topological polar surface area (TPSA) is 83.8 Å². The van der Waals surface area contributed by atoms with Gasteiger partial charge >= 0.3 is 5.97 Å². The molecule has 114 valence electrons. The van der Waals surface area contributed by atoms with Crippen molar-refractivity contribution in [3.63, 3.8) is 0 Å². The molecule has 6 nitrogen and oxygen atoms in total. The van der Waals surface area contributed by atoms with Crippen molar-refractivity contribution in [3.8, 4) is 11.3 Å². The van der Waals surface area contributed by atoms with Crippen LogP contribution < -0.4 is 0 Å². The fraction of sp³-hybridized carbons (Fsp3) is 0.312. The molecule has 2 N–H and O–H groups in total. The number of aromatic nitrogens is 4. The molecule has 2 aromatic heterocycles. The number of rotatable bonds is 2. The largest absolute Gasteiger partial charge is 0.477 e. The third-order valence-electron chi connectivity index (χ3n) is 3.66. The molecule has 22 heavy (non-hydrogen) atoms. The molecule has 0 amide bonds. The molecule has 0 spiro atoms. The number of nitrogens with one attached hydrogen (secondary N) is 1. The van der Waals surface area contributed by atoms with Crippen LogP contribution in [0.4, 0.5) is 0 Å². The van der Waals surface area contributed by atoms with Gasteiger partial charge in [-0.15, -0.1) is 0 Å². The van der Waals surface area contributed by atoms with Crippen molar-refractivity contribution < 1.29 is 9.90 Å². The minimum Gasteiger partial charge on any atom is -0.477 e. The number of fused-ring (bicyclic) bond motifs is 1. The number of aromatic carboxylic acids is 1. The number of benzene rings is 1. The standard InChI is InChI=1S/C16H18N4O2/c1-16(2,3)15-17-11-7-9(5-6-13(11)20(15)4)10-8-12(14(21)22)19-18-10/h5-8H,1-4H3,(H,18,19)(H,21,22).